The fraction of sp³-hybridized carbons (Fsp3) is 0.250. The van der Waals surface area contributed by atoms with E-state index in [9.17, 15) is 0 Å². The third-order valence-electron chi connectivity index (χ3n) is 4.45. The molecule has 0 unspecified atom stereocenters. The summed E-state index contributed by atoms with van der Waals surface area (Å²) in [6.45, 7) is 2.20. The van der Waals surface area contributed by atoms with Crippen molar-refractivity contribution in [2.45, 2.75) is 37.1 Å². The van der Waals surface area contributed by atoms with Crippen molar-refractivity contribution in [3.63, 3.8) is 0 Å². The van der Waals surface area contributed by atoms with Gasteiger partial charge in [0.2, 0.25) is 5.16 Å². The van der Waals surface area contributed by atoms with Gasteiger partial charge in [0.1, 0.15) is 11.6 Å². The smallest absolute Gasteiger partial charge is 0.214 e. The number of hydrogen-bond acceptors (Lipinski definition) is 7. The molecule has 2 heterocycles. The number of aromatic nitrogens is 6. The molecular weight excluding hydrogens is 370 g/mol. The first-order valence-corrected chi connectivity index (χ1v) is 10.2. The Kier molecular flexibility index (Phi) is 5.48. The van der Waals surface area contributed by atoms with Crippen molar-refractivity contribution < 1.29 is 0 Å². The molecular formula is C20H21N7S. The predicted molar refractivity (Wildman–Crippen MR) is 111 cm³/mol. The van der Waals surface area contributed by atoms with Crippen LogP contribution in [-0.2, 0) is 12.2 Å². The van der Waals surface area contributed by atoms with E-state index in [-0.39, 0.29) is 0 Å². The summed E-state index contributed by atoms with van der Waals surface area (Å²) >= 11 is 1.48. The highest BCUT2D eigenvalue weighted by Gasteiger charge is 2.11. The minimum atomic E-state index is 0.489. The number of unbranched alkanes of at least 4 members (excludes halogenated alkanes) is 1. The quantitative estimate of drug-likeness (QED) is 0.478. The Bertz CT molecular complexity index is 1080. The largest absolute Gasteiger partial charge is 0.383 e. The molecule has 0 aliphatic carbocycles. The van der Waals surface area contributed by atoms with Crippen LogP contribution < -0.4 is 5.73 Å². The number of aryl methyl sites for hydroxylation is 1. The van der Waals surface area contributed by atoms with Crippen molar-refractivity contribution in [2.75, 3.05) is 5.73 Å². The summed E-state index contributed by atoms with van der Waals surface area (Å²) in [5.41, 5.74) is 9.17. The number of anilines is 1. The summed E-state index contributed by atoms with van der Waals surface area (Å²) in [5.74, 6) is 1.68. The number of para-hydroxylation sites is 1. The van der Waals surface area contributed by atoms with E-state index in [1.165, 1.54) is 30.2 Å². The van der Waals surface area contributed by atoms with Crippen molar-refractivity contribution in [3.05, 3.63) is 59.9 Å². The summed E-state index contributed by atoms with van der Waals surface area (Å²) in [6.07, 6.45) is 3.48. The molecule has 7 nitrogen and oxygen atoms in total. The number of hydrogen-bond donors (Lipinski definition) is 1. The van der Waals surface area contributed by atoms with Gasteiger partial charge >= 0.3 is 0 Å². The molecule has 142 valence electrons. The second-order valence-electron chi connectivity index (χ2n) is 6.47. The summed E-state index contributed by atoms with van der Waals surface area (Å²) < 4.78 is 1.73. The van der Waals surface area contributed by atoms with Crippen LogP contribution in [0.2, 0.25) is 0 Å². The molecule has 0 aliphatic heterocycles. The highest BCUT2D eigenvalue weighted by molar-refractivity contribution is 7.98. The Hall–Kier alpha value is -3.00. The zero-order valence-electron chi connectivity index (χ0n) is 15.6. The van der Waals surface area contributed by atoms with E-state index >= 15 is 0 Å². The van der Waals surface area contributed by atoms with Crippen LogP contribution in [0.5, 0.6) is 0 Å². The predicted octanol–water partition coefficient (Wildman–Crippen LogP) is 3.82. The van der Waals surface area contributed by atoms with Crippen LogP contribution in [0, 0.1) is 0 Å². The SMILES string of the molecule is CCCCc1ccc(-n2nnnc2SCc2nc(N)c3ccccc3n2)cc1. The van der Waals surface area contributed by atoms with Gasteiger partial charge in [-0.25, -0.2) is 9.97 Å². The molecule has 4 rings (SSSR count). The van der Waals surface area contributed by atoms with Gasteiger partial charge in [-0.05, 0) is 53.1 Å². The van der Waals surface area contributed by atoms with Gasteiger partial charge in [-0.15, -0.1) is 5.10 Å². The molecule has 0 saturated carbocycles. The molecule has 2 aromatic heterocycles. The summed E-state index contributed by atoms with van der Waals surface area (Å²) in [5, 5.41) is 13.7. The second kappa shape index (κ2) is 8.35. The highest BCUT2D eigenvalue weighted by atomic mass is 32.2. The number of nitrogens with two attached hydrogens (primary N) is 1. The molecule has 28 heavy (non-hydrogen) atoms. The third-order valence-corrected chi connectivity index (χ3v) is 5.37. The van der Waals surface area contributed by atoms with Gasteiger partial charge in [0.25, 0.3) is 0 Å². The van der Waals surface area contributed by atoms with Crippen LogP contribution in [0.15, 0.2) is 53.7 Å². The molecule has 2 N–H and O–H groups in total. The lowest BCUT2D eigenvalue weighted by Gasteiger charge is -2.07. The molecule has 0 bridgehead atoms. The Morgan fingerprint density at radius 1 is 1.04 bits per heavy atom. The van der Waals surface area contributed by atoms with E-state index < -0.39 is 0 Å². The Balaban J connectivity index is 1.51. The van der Waals surface area contributed by atoms with Crippen molar-refractivity contribution in [2.24, 2.45) is 0 Å². The lowest BCUT2D eigenvalue weighted by atomic mass is 10.1. The Morgan fingerprint density at radius 2 is 1.86 bits per heavy atom. The molecule has 0 saturated heterocycles. The fourth-order valence-electron chi connectivity index (χ4n) is 2.96. The maximum atomic E-state index is 6.07. The van der Waals surface area contributed by atoms with Crippen molar-refractivity contribution in [1.29, 1.82) is 0 Å². The highest BCUT2D eigenvalue weighted by Crippen LogP contribution is 2.24. The molecule has 0 atom stereocenters. The standard InChI is InChI=1S/C20H21N7S/c1-2-3-6-14-9-11-15(12-10-14)27-20(24-25-26-27)28-13-18-22-17-8-5-4-7-16(17)19(21)23-18/h4-5,7-12H,2-3,6,13H2,1H3,(H2,21,22,23). The summed E-state index contributed by atoms with van der Waals surface area (Å²) in [4.78, 5) is 9.00. The van der Waals surface area contributed by atoms with Crippen molar-refractivity contribution >= 4 is 28.5 Å². The molecule has 0 amide bonds. The first kappa shape index (κ1) is 18.4. The molecule has 8 heteroatoms. The number of tetrazole rings is 1. The van der Waals surface area contributed by atoms with Crippen LogP contribution in [0.4, 0.5) is 5.82 Å². The van der Waals surface area contributed by atoms with E-state index in [0.717, 1.165) is 23.0 Å². The lowest BCUT2D eigenvalue weighted by Crippen LogP contribution is -2.02. The summed E-state index contributed by atoms with van der Waals surface area (Å²) in [6, 6.07) is 16.1. The molecule has 0 radical (unpaired) electrons. The molecule has 2 aromatic carbocycles. The van der Waals surface area contributed by atoms with Gasteiger partial charge < -0.3 is 5.73 Å². The maximum absolute atomic E-state index is 6.07. The zero-order chi connectivity index (χ0) is 19.3. The van der Waals surface area contributed by atoms with Crippen LogP contribution in [0.1, 0.15) is 31.2 Å². The number of benzene rings is 2. The van der Waals surface area contributed by atoms with Gasteiger partial charge in [0.05, 0.1) is 17.0 Å². The van der Waals surface area contributed by atoms with Crippen molar-refractivity contribution in [1.82, 2.24) is 30.2 Å². The Labute approximate surface area is 167 Å². The minimum Gasteiger partial charge on any atom is -0.383 e. The van der Waals surface area contributed by atoms with Gasteiger partial charge in [0.15, 0.2) is 0 Å². The van der Waals surface area contributed by atoms with E-state index in [0.29, 0.717) is 22.6 Å². The zero-order valence-corrected chi connectivity index (χ0v) is 16.4. The van der Waals surface area contributed by atoms with Crippen LogP contribution in [-0.4, -0.2) is 30.2 Å². The number of thioether (sulfide) groups is 1. The lowest BCUT2D eigenvalue weighted by molar-refractivity contribution is 0.753. The number of nitrogens with zero attached hydrogens (tertiary/aromatic N) is 6. The van der Waals surface area contributed by atoms with Gasteiger partial charge in [-0.3, -0.25) is 0 Å². The maximum Gasteiger partial charge on any atom is 0.214 e. The summed E-state index contributed by atoms with van der Waals surface area (Å²) in [7, 11) is 0. The van der Waals surface area contributed by atoms with Crippen LogP contribution in [0.25, 0.3) is 16.6 Å². The van der Waals surface area contributed by atoms with Crippen LogP contribution in [0.3, 0.4) is 0 Å². The molecule has 4 aromatic rings. The second-order valence-corrected chi connectivity index (χ2v) is 7.42. The normalized spacial score (nSPS) is 11.2. The average Bonchev–Trinajstić information content (AvgIpc) is 3.20. The number of nitrogen functional groups attached to an aromatic ring is 1. The van der Waals surface area contributed by atoms with Gasteiger partial charge in [-0.1, -0.05) is 49.4 Å². The first-order chi connectivity index (χ1) is 13.7. The molecule has 0 aliphatic rings. The number of rotatable bonds is 7. The first-order valence-electron chi connectivity index (χ1n) is 9.26. The van der Waals surface area contributed by atoms with Crippen LogP contribution >= 0.6 is 11.8 Å². The third kappa shape index (κ3) is 3.96. The molecule has 0 fully saturated rings. The number of fused-ring (bicyclic) bond motifs is 1. The fourth-order valence-corrected chi connectivity index (χ4v) is 3.71. The van der Waals surface area contributed by atoms with E-state index in [1.54, 1.807) is 4.68 Å². The monoisotopic (exact) mass is 391 g/mol. The van der Waals surface area contributed by atoms with Crippen molar-refractivity contribution in [3.8, 4) is 5.69 Å². The average molecular weight is 392 g/mol. The topological polar surface area (TPSA) is 95.4 Å². The molecule has 0 spiro atoms. The Morgan fingerprint density at radius 3 is 2.68 bits per heavy atom. The van der Waals surface area contributed by atoms with E-state index in [4.69, 9.17) is 5.73 Å². The van der Waals surface area contributed by atoms with E-state index in [1.807, 2.05) is 24.3 Å². The van der Waals surface area contributed by atoms with Gasteiger partial charge in [-0.2, -0.15) is 4.68 Å². The van der Waals surface area contributed by atoms with E-state index in [2.05, 4.69) is 56.7 Å². The minimum absolute atomic E-state index is 0.489. The van der Waals surface area contributed by atoms with Gasteiger partial charge in [0, 0.05) is 5.39 Å².